The molecule has 0 aromatic heterocycles. The van der Waals surface area contributed by atoms with E-state index in [2.05, 4.69) is 23.6 Å². The van der Waals surface area contributed by atoms with Gasteiger partial charge in [-0.15, -0.1) is 0 Å². The number of nitrogens with zero attached hydrogens (tertiary/aromatic N) is 1. The van der Waals surface area contributed by atoms with Crippen molar-refractivity contribution in [2.24, 2.45) is 4.99 Å². The second kappa shape index (κ2) is 8.15. The molecule has 0 aliphatic carbocycles. The summed E-state index contributed by atoms with van der Waals surface area (Å²) in [6, 6.07) is 7.70. The predicted molar refractivity (Wildman–Crippen MR) is 103 cm³/mol. The molecule has 0 spiro atoms. The number of amidine groups is 1. The summed E-state index contributed by atoms with van der Waals surface area (Å²) in [5, 5.41) is 0. The van der Waals surface area contributed by atoms with E-state index in [9.17, 15) is 8.42 Å². The number of aliphatic imine (C=N–C) groups is 1. The molecule has 1 N–H and O–H groups in total. The Kier molecular flexibility index (Phi) is 6.41. The largest absolute Gasteiger partial charge is 0.379 e. The molecule has 0 atom stereocenters. The van der Waals surface area contributed by atoms with Crippen molar-refractivity contribution in [1.29, 1.82) is 0 Å². The summed E-state index contributed by atoms with van der Waals surface area (Å²) in [4.78, 5) is 4.73. The van der Waals surface area contributed by atoms with E-state index in [1.165, 1.54) is 5.56 Å². The first-order valence-electron chi connectivity index (χ1n) is 8.73. The Labute approximate surface area is 151 Å². The van der Waals surface area contributed by atoms with E-state index >= 15 is 0 Å². The van der Waals surface area contributed by atoms with Crippen LogP contribution in [0.5, 0.6) is 0 Å². The third kappa shape index (κ3) is 4.92. The van der Waals surface area contributed by atoms with Crippen molar-refractivity contribution in [2.45, 2.75) is 53.1 Å². The average molecular weight is 365 g/mol. The van der Waals surface area contributed by atoms with E-state index in [1.54, 1.807) is 6.92 Å². The lowest BCUT2D eigenvalue weighted by Gasteiger charge is -2.07. The van der Waals surface area contributed by atoms with Gasteiger partial charge in [0.1, 0.15) is 10.7 Å². The summed E-state index contributed by atoms with van der Waals surface area (Å²) in [5.74, 6) is 0.847. The van der Waals surface area contributed by atoms with Crippen molar-refractivity contribution in [2.75, 3.05) is 13.2 Å². The summed E-state index contributed by atoms with van der Waals surface area (Å²) >= 11 is 0. The minimum Gasteiger partial charge on any atom is -0.379 e. The Balaban J connectivity index is 2.19. The minimum atomic E-state index is -3.56. The fraction of sp³-hybridized carbons (Fsp3) is 0.526. The summed E-state index contributed by atoms with van der Waals surface area (Å²) in [5.41, 5.74) is 2.55. The lowest BCUT2D eigenvalue weighted by molar-refractivity contribution is 0.0783. The number of nitrogens with one attached hydrogen (secondary N) is 1. The van der Waals surface area contributed by atoms with Crippen LogP contribution in [0.4, 0.5) is 0 Å². The van der Waals surface area contributed by atoms with Gasteiger partial charge in [0.05, 0.1) is 6.10 Å². The van der Waals surface area contributed by atoms with Crippen molar-refractivity contribution in [3.05, 3.63) is 41.0 Å². The second-order valence-corrected chi connectivity index (χ2v) is 8.46. The molecular formula is C19H28N2O3S. The highest BCUT2D eigenvalue weighted by atomic mass is 32.2. The molecule has 5 nitrogen and oxygen atoms in total. The minimum absolute atomic E-state index is 0.194. The zero-order chi connectivity index (χ0) is 18.6. The molecule has 2 rings (SSSR count). The van der Waals surface area contributed by atoms with E-state index in [0.717, 1.165) is 6.42 Å². The molecule has 1 aliphatic rings. The average Bonchev–Trinajstić information content (AvgIpc) is 2.75. The van der Waals surface area contributed by atoms with Crippen LogP contribution in [-0.4, -0.2) is 33.5 Å². The van der Waals surface area contributed by atoms with Gasteiger partial charge in [-0.05, 0) is 44.2 Å². The summed E-state index contributed by atoms with van der Waals surface area (Å²) in [7, 11) is -3.56. The van der Waals surface area contributed by atoms with Crippen molar-refractivity contribution < 1.29 is 13.2 Å². The van der Waals surface area contributed by atoms with E-state index in [-0.39, 0.29) is 6.10 Å². The van der Waals surface area contributed by atoms with Crippen LogP contribution in [0, 0.1) is 0 Å². The zero-order valence-corrected chi connectivity index (χ0v) is 16.5. The van der Waals surface area contributed by atoms with E-state index < -0.39 is 10.0 Å². The standard InChI is InChI=1S/C19H28N2O3S/c1-13(2)16-7-9-17(10-8-16)18-15(5)19(21-25(18,22)23)20-11-6-12-24-14(3)4/h7-10,13-14H,6,11-12H2,1-5H3,(H,20,21). The van der Waals surface area contributed by atoms with E-state index in [4.69, 9.17) is 4.74 Å². The highest BCUT2D eigenvalue weighted by Crippen LogP contribution is 2.30. The maximum atomic E-state index is 12.5. The third-order valence-electron chi connectivity index (χ3n) is 4.06. The molecule has 0 saturated heterocycles. The van der Waals surface area contributed by atoms with Crippen LogP contribution >= 0.6 is 0 Å². The highest BCUT2D eigenvalue weighted by molar-refractivity contribution is 8.00. The highest BCUT2D eigenvalue weighted by Gasteiger charge is 2.32. The van der Waals surface area contributed by atoms with Crippen LogP contribution in [0.2, 0.25) is 0 Å². The Morgan fingerprint density at radius 1 is 1.12 bits per heavy atom. The molecule has 0 amide bonds. The van der Waals surface area contributed by atoms with Crippen molar-refractivity contribution >= 4 is 20.8 Å². The lowest BCUT2D eigenvalue weighted by atomic mass is 10.0. The van der Waals surface area contributed by atoms with Gasteiger partial charge in [0.2, 0.25) is 0 Å². The molecule has 1 heterocycles. The Hall–Kier alpha value is -1.66. The third-order valence-corrected chi connectivity index (χ3v) is 5.60. The number of hydrogen-bond donors (Lipinski definition) is 1. The molecular weight excluding hydrogens is 336 g/mol. The Morgan fingerprint density at radius 3 is 2.32 bits per heavy atom. The normalized spacial score (nSPS) is 18.4. The molecule has 1 aromatic carbocycles. The maximum absolute atomic E-state index is 12.5. The van der Waals surface area contributed by atoms with Gasteiger partial charge in [-0.25, -0.2) is 8.42 Å². The quantitative estimate of drug-likeness (QED) is 0.750. The van der Waals surface area contributed by atoms with Crippen molar-refractivity contribution in [3.8, 4) is 0 Å². The Bertz CT molecular complexity index is 760. The molecule has 138 valence electrons. The Morgan fingerprint density at radius 2 is 1.76 bits per heavy atom. The van der Waals surface area contributed by atoms with Gasteiger partial charge in [0.25, 0.3) is 10.0 Å². The first-order chi connectivity index (χ1) is 11.7. The molecule has 0 unspecified atom stereocenters. The smallest absolute Gasteiger partial charge is 0.264 e. The molecule has 25 heavy (non-hydrogen) atoms. The van der Waals surface area contributed by atoms with Gasteiger partial charge in [0.15, 0.2) is 0 Å². The van der Waals surface area contributed by atoms with E-state index in [0.29, 0.717) is 40.9 Å². The maximum Gasteiger partial charge on any atom is 0.264 e. The van der Waals surface area contributed by atoms with E-state index in [1.807, 2.05) is 38.1 Å². The SMILES string of the molecule is CC1=C(c2ccc(C(C)C)cc2)S(=O)(=O)NC1=NCCCOC(C)C. The van der Waals surface area contributed by atoms with Crippen molar-refractivity contribution in [3.63, 3.8) is 0 Å². The molecule has 0 fully saturated rings. The van der Waals surface area contributed by atoms with Crippen LogP contribution in [0.3, 0.4) is 0 Å². The molecule has 1 aromatic rings. The van der Waals surface area contributed by atoms with Gasteiger partial charge < -0.3 is 4.74 Å². The van der Waals surface area contributed by atoms with Gasteiger partial charge in [-0.3, -0.25) is 9.71 Å². The fourth-order valence-corrected chi connectivity index (χ4v) is 4.20. The molecule has 0 bridgehead atoms. The predicted octanol–water partition coefficient (Wildman–Crippen LogP) is 3.69. The van der Waals surface area contributed by atoms with Gasteiger partial charge in [-0.1, -0.05) is 38.1 Å². The first-order valence-corrected chi connectivity index (χ1v) is 10.2. The van der Waals surface area contributed by atoms with Gasteiger partial charge in [0, 0.05) is 18.7 Å². The zero-order valence-electron chi connectivity index (χ0n) is 15.7. The van der Waals surface area contributed by atoms with Gasteiger partial charge in [-0.2, -0.15) is 0 Å². The van der Waals surface area contributed by atoms with Crippen LogP contribution < -0.4 is 4.72 Å². The van der Waals surface area contributed by atoms with Crippen LogP contribution in [0.25, 0.3) is 4.91 Å². The molecule has 0 radical (unpaired) electrons. The summed E-state index contributed by atoms with van der Waals surface area (Å²) in [6.07, 6.45) is 0.953. The summed E-state index contributed by atoms with van der Waals surface area (Å²) in [6.45, 7) is 11.1. The molecule has 1 aliphatic heterocycles. The van der Waals surface area contributed by atoms with Crippen LogP contribution in [0.1, 0.15) is 58.1 Å². The summed E-state index contributed by atoms with van der Waals surface area (Å²) < 4.78 is 33.1. The number of ether oxygens (including phenoxy) is 1. The fourth-order valence-electron chi connectivity index (χ4n) is 2.68. The topological polar surface area (TPSA) is 67.8 Å². The molecule has 0 saturated carbocycles. The van der Waals surface area contributed by atoms with Crippen LogP contribution in [-0.2, 0) is 14.8 Å². The van der Waals surface area contributed by atoms with Crippen molar-refractivity contribution in [1.82, 2.24) is 4.72 Å². The van der Waals surface area contributed by atoms with Crippen LogP contribution in [0.15, 0.2) is 34.8 Å². The number of benzene rings is 1. The number of rotatable bonds is 7. The van der Waals surface area contributed by atoms with Gasteiger partial charge >= 0.3 is 0 Å². The lowest BCUT2D eigenvalue weighted by Crippen LogP contribution is -2.24. The number of hydrogen-bond acceptors (Lipinski definition) is 4. The molecule has 6 heteroatoms. The first kappa shape index (κ1) is 19.7. The monoisotopic (exact) mass is 364 g/mol. The number of sulfonamides is 1. The second-order valence-electron chi connectivity index (χ2n) is 6.84.